The highest BCUT2D eigenvalue weighted by Crippen LogP contribution is 2.31. The zero-order valence-corrected chi connectivity index (χ0v) is 15.1. The van der Waals surface area contributed by atoms with Crippen LogP contribution in [0, 0.1) is 0 Å². The van der Waals surface area contributed by atoms with Gasteiger partial charge in [-0.3, -0.25) is 25.2 Å². The van der Waals surface area contributed by atoms with Crippen molar-refractivity contribution in [3.8, 4) is 11.4 Å². The van der Waals surface area contributed by atoms with Crippen molar-refractivity contribution in [1.82, 2.24) is 20.6 Å². The van der Waals surface area contributed by atoms with Crippen LogP contribution in [-0.4, -0.2) is 32.6 Å². The Balaban J connectivity index is 1.46. The van der Waals surface area contributed by atoms with Gasteiger partial charge in [-0.25, -0.2) is 4.68 Å². The normalized spacial score (nSPS) is 15.2. The molecule has 3 amide bonds. The molecule has 2 aromatic carbocycles. The van der Waals surface area contributed by atoms with E-state index in [-0.39, 0.29) is 23.8 Å². The average Bonchev–Trinajstić information content (AvgIpc) is 3.13. The number of nitrogens with one attached hydrogen (secondary N) is 3. The van der Waals surface area contributed by atoms with Gasteiger partial charge in [0.15, 0.2) is 11.4 Å². The lowest BCUT2D eigenvalue weighted by molar-refractivity contribution is -0.126. The van der Waals surface area contributed by atoms with Crippen LogP contribution >= 0.6 is 0 Å². The van der Waals surface area contributed by atoms with Crippen molar-refractivity contribution in [2.75, 3.05) is 5.32 Å². The molecule has 1 aliphatic rings. The van der Waals surface area contributed by atoms with E-state index in [0.29, 0.717) is 16.9 Å². The van der Waals surface area contributed by atoms with E-state index >= 15 is 0 Å². The summed E-state index contributed by atoms with van der Waals surface area (Å²) in [4.78, 5) is 36.8. The van der Waals surface area contributed by atoms with Crippen LogP contribution in [0.25, 0.3) is 5.69 Å². The maximum atomic E-state index is 12.6. The minimum atomic E-state index is -0.779. The second-order valence-corrected chi connectivity index (χ2v) is 6.48. The van der Waals surface area contributed by atoms with Crippen molar-refractivity contribution >= 4 is 23.4 Å². The Bertz CT molecular complexity index is 1090. The molecule has 0 radical (unpaired) electrons. The van der Waals surface area contributed by atoms with E-state index in [0.717, 1.165) is 0 Å². The molecule has 0 saturated carbocycles. The Labute approximate surface area is 165 Å². The van der Waals surface area contributed by atoms with Gasteiger partial charge < -0.3 is 10.4 Å². The molecule has 4 rings (SSSR count). The molecule has 1 aromatic heterocycles. The topological polar surface area (TPSA) is 125 Å². The van der Waals surface area contributed by atoms with Crippen molar-refractivity contribution in [1.29, 1.82) is 0 Å². The Morgan fingerprint density at radius 2 is 1.79 bits per heavy atom. The molecule has 0 aliphatic carbocycles. The van der Waals surface area contributed by atoms with Gasteiger partial charge >= 0.3 is 0 Å². The standard InChI is InChI=1S/C20H17N5O4/c26-16-11-25(12-6-2-1-3-7-12)24-18(16)20(29)23-22-19(28)14-10-17(27)21-15-9-5-4-8-13(14)15/h1-9,11,14,26H,10H2,(H,21,27)(H,22,28)(H,23,29). The van der Waals surface area contributed by atoms with Crippen molar-refractivity contribution in [3.05, 3.63) is 72.1 Å². The number of benzene rings is 2. The fourth-order valence-corrected chi connectivity index (χ4v) is 3.15. The zero-order chi connectivity index (χ0) is 20.4. The molecule has 0 saturated heterocycles. The van der Waals surface area contributed by atoms with Gasteiger partial charge in [-0.05, 0) is 23.8 Å². The van der Waals surface area contributed by atoms with Gasteiger partial charge in [0, 0.05) is 12.1 Å². The molecule has 0 bridgehead atoms. The van der Waals surface area contributed by atoms with Gasteiger partial charge in [0.25, 0.3) is 5.91 Å². The SMILES string of the molecule is O=C1CC(C(=O)NNC(=O)c2nn(-c3ccccc3)cc2O)c2ccccc2N1. The highest BCUT2D eigenvalue weighted by molar-refractivity contribution is 6.02. The summed E-state index contributed by atoms with van der Waals surface area (Å²) < 4.78 is 1.35. The molecule has 146 valence electrons. The third kappa shape index (κ3) is 3.65. The molecule has 0 spiro atoms. The van der Waals surface area contributed by atoms with Crippen LogP contribution in [0.4, 0.5) is 5.69 Å². The van der Waals surface area contributed by atoms with Gasteiger partial charge in [-0.2, -0.15) is 5.10 Å². The lowest BCUT2D eigenvalue weighted by Gasteiger charge is -2.24. The van der Waals surface area contributed by atoms with Crippen LogP contribution in [0.1, 0.15) is 28.4 Å². The lowest BCUT2D eigenvalue weighted by Crippen LogP contribution is -2.45. The monoisotopic (exact) mass is 391 g/mol. The third-order valence-corrected chi connectivity index (χ3v) is 4.55. The van der Waals surface area contributed by atoms with E-state index in [1.54, 1.807) is 48.5 Å². The fraction of sp³-hybridized carbons (Fsp3) is 0.100. The first kappa shape index (κ1) is 18.2. The van der Waals surface area contributed by atoms with Crippen molar-refractivity contribution < 1.29 is 19.5 Å². The van der Waals surface area contributed by atoms with Crippen molar-refractivity contribution in [2.24, 2.45) is 0 Å². The number of fused-ring (bicyclic) bond motifs is 1. The number of amides is 3. The molecule has 1 unspecified atom stereocenters. The minimum Gasteiger partial charge on any atom is -0.504 e. The average molecular weight is 391 g/mol. The second kappa shape index (κ2) is 7.47. The minimum absolute atomic E-state index is 0.0351. The molecule has 2 heterocycles. The molecule has 1 aliphatic heterocycles. The van der Waals surface area contributed by atoms with E-state index < -0.39 is 17.7 Å². The number of hydrogen-bond donors (Lipinski definition) is 4. The first-order chi connectivity index (χ1) is 14.0. The lowest BCUT2D eigenvalue weighted by atomic mass is 9.90. The van der Waals surface area contributed by atoms with Crippen LogP contribution in [-0.2, 0) is 9.59 Å². The molecule has 9 nitrogen and oxygen atoms in total. The zero-order valence-electron chi connectivity index (χ0n) is 15.1. The summed E-state index contributed by atoms with van der Waals surface area (Å²) in [6, 6.07) is 15.9. The summed E-state index contributed by atoms with van der Waals surface area (Å²) >= 11 is 0. The molecule has 9 heteroatoms. The molecule has 3 aromatic rings. The maximum absolute atomic E-state index is 12.6. The summed E-state index contributed by atoms with van der Waals surface area (Å²) in [5.41, 5.74) is 6.20. The van der Waals surface area contributed by atoms with E-state index in [1.807, 2.05) is 6.07 Å². The first-order valence-corrected chi connectivity index (χ1v) is 8.86. The molecule has 4 N–H and O–H groups in total. The molecule has 29 heavy (non-hydrogen) atoms. The number of hydrazine groups is 1. The first-order valence-electron chi connectivity index (χ1n) is 8.86. The summed E-state index contributed by atoms with van der Waals surface area (Å²) in [7, 11) is 0. The number of nitrogens with zero attached hydrogens (tertiary/aromatic N) is 2. The Hall–Kier alpha value is -4.14. The molecule has 1 atom stereocenters. The number of hydrogen-bond acceptors (Lipinski definition) is 5. The van der Waals surface area contributed by atoms with Crippen LogP contribution in [0.5, 0.6) is 5.75 Å². The van der Waals surface area contributed by atoms with Crippen LogP contribution in [0.15, 0.2) is 60.8 Å². The smallest absolute Gasteiger partial charge is 0.294 e. The Kier molecular flexibility index (Phi) is 4.70. The number of anilines is 1. The van der Waals surface area contributed by atoms with Crippen LogP contribution < -0.4 is 16.2 Å². The largest absolute Gasteiger partial charge is 0.504 e. The molecular formula is C20H17N5O4. The van der Waals surface area contributed by atoms with Gasteiger partial charge in [-0.1, -0.05) is 36.4 Å². The Morgan fingerprint density at radius 3 is 2.59 bits per heavy atom. The second-order valence-electron chi connectivity index (χ2n) is 6.48. The van der Waals surface area contributed by atoms with Gasteiger partial charge in [0.05, 0.1) is 17.8 Å². The molecule has 0 fully saturated rings. The van der Waals surface area contributed by atoms with E-state index in [2.05, 4.69) is 21.3 Å². The van der Waals surface area contributed by atoms with Gasteiger partial charge in [0.2, 0.25) is 11.8 Å². The number of rotatable bonds is 3. The van der Waals surface area contributed by atoms with E-state index in [1.165, 1.54) is 10.9 Å². The fourth-order valence-electron chi connectivity index (χ4n) is 3.15. The Morgan fingerprint density at radius 1 is 1.07 bits per heavy atom. The molecular weight excluding hydrogens is 374 g/mol. The summed E-state index contributed by atoms with van der Waals surface area (Å²) in [6.07, 6.45) is 1.26. The van der Waals surface area contributed by atoms with Gasteiger partial charge in [0.1, 0.15) is 0 Å². The predicted molar refractivity (Wildman–Crippen MR) is 103 cm³/mol. The predicted octanol–water partition coefficient (Wildman–Crippen LogP) is 1.46. The summed E-state index contributed by atoms with van der Waals surface area (Å²) in [5.74, 6) is -2.67. The third-order valence-electron chi connectivity index (χ3n) is 4.55. The van der Waals surface area contributed by atoms with Crippen molar-refractivity contribution in [2.45, 2.75) is 12.3 Å². The number of carbonyl (C=O) groups is 3. The van der Waals surface area contributed by atoms with Crippen molar-refractivity contribution in [3.63, 3.8) is 0 Å². The van der Waals surface area contributed by atoms with E-state index in [9.17, 15) is 19.5 Å². The van der Waals surface area contributed by atoms with Crippen LogP contribution in [0.2, 0.25) is 0 Å². The number of aromatic hydroxyl groups is 1. The quantitative estimate of drug-likeness (QED) is 0.503. The highest BCUT2D eigenvalue weighted by atomic mass is 16.3. The number of para-hydroxylation sites is 2. The summed E-state index contributed by atoms with van der Waals surface area (Å²) in [5, 5.41) is 16.8. The highest BCUT2D eigenvalue weighted by Gasteiger charge is 2.31. The summed E-state index contributed by atoms with van der Waals surface area (Å²) in [6.45, 7) is 0. The number of carbonyl (C=O) groups excluding carboxylic acids is 3. The maximum Gasteiger partial charge on any atom is 0.294 e. The van der Waals surface area contributed by atoms with Gasteiger partial charge in [-0.15, -0.1) is 0 Å². The van der Waals surface area contributed by atoms with Crippen LogP contribution in [0.3, 0.4) is 0 Å². The van der Waals surface area contributed by atoms with E-state index in [4.69, 9.17) is 0 Å². The number of aromatic nitrogens is 2.